The fraction of sp³-hybridized carbons (Fsp3) is 0.0417. The molecule has 5 aromatic rings. The van der Waals surface area contributed by atoms with Crippen molar-refractivity contribution in [2.45, 2.75) is 10.6 Å². The predicted octanol–water partition coefficient (Wildman–Crippen LogP) is 8.39. The first-order valence-corrected chi connectivity index (χ1v) is 11.8. The zero-order valence-electron chi connectivity index (χ0n) is 14.5. The number of rotatable bonds is 3. The van der Waals surface area contributed by atoms with Crippen molar-refractivity contribution in [1.29, 1.82) is 0 Å². The van der Waals surface area contributed by atoms with E-state index in [0.717, 1.165) is 5.75 Å². The van der Waals surface area contributed by atoms with Gasteiger partial charge in [-0.1, -0.05) is 78.9 Å². The zero-order valence-corrected chi connectivity index (χ0v) is 18.3. The van der Waals surface area contributed by atoms with E-state index in [1.165, 1.54) is 45.7 Å². The molecule has 130 valence electrons. The monoisotopic (exact) mass is 495 g/mol. The van der Waals surface area contributed by atoms with E-state index < -0.39 is 0 Å². The largest absolute Gasteiger partial charge is 0.280 e. The van der Waals surface area contributed by atoms with Crippen LogP contribution >= 0.6 is 45.7 Å². The molecular weight excluding hydrogens is 479 g/mol. The number of thioether (sulfide) groups is 1. The highest BCUT2D eigenvalue weighted by Crippen LogP contribution is 2.39. The molecule has 0 amide bonds. The zero-order chi connectivity index (χ0) is 18.2. The molecule has 5 rings (SSSR count). The van der Waals surface area contributed by atoms with Gasteiger partial charge in [-0.2, -0.15) is 0 Å². The summed E-state index contributed by atoms with van der Waals surface area (Å²) in [4.78, 5) is 1.40. The van der Waals surface area contributed by atoms with Crippen LogP contribution in [0.25, 0.3) is 32.3 Å². The lowest BCUT2D eigenvalue weighted by molar-refractivity contribution is 1.44. The van der Waals surface area contributed by atoms with E-state index in [1.807, 2.05) is 23.1 Å². The van der Waals surface area contributed by atoms with Crippen LogP contribution in [0.4, 0.5) is 0 Å². The molecule has 0 bridgehead atoms. The van der Waals surface area contributed by atoms with Gasteiger partial charge in [0.2, 0.25) is 16.7 Å². The van der Waals surface area contributed by atoms with Crippen LogP contribution in [0, 0.1) is 2.88 Å². The minimum atomic E-state index is 0.982. The van der Waals surface area contributed by atoms with Crippen molar-refractivity contribution in [3.05, 3.63) is 92.7 Å². The summed E-state index contributed by atoms with van der Waals surface area (Å²) in [6.07, 6.45) is 0. The fourth-order valence-corrected chi connectivity index (χ4v) is 6.74. The average Bonchev–Trinajstić information content (AvgIpc) is 2.72. The first kappa shape index (κ1) is 17.4. The van der Waals surface area contributed by atoms with Gasteiger partial charge in [0.25, 0.3) is 2.88 Å². The summed E-state index contributed by atoms with van der Waals surface area (Å²) >= 11 is 6.29. The molecule has 0 spiro atoms. The number of benzene rings is 4. The highest BCUT2D eigenvalue weighted by molar-refractivity contribution is 14.1. The standard InChI is InChI=1S/C24H16IS2/c25-24-23(26-14-18-9-5-8-16-6-1-3-10-19(16)18)21-13-12-17-7-2-4-11-20(17)22(21)15-27-24/h1-13,15H,14H2/q+1. The molecule has 1 aromatic heterocycles. The second-order valence-electron chi connectivity index (χ2n) is 6.51. The van der Waals surface area contributed by atoms with Crippen molar-refractivity contribution in [3.8, 4) is 0 Å². The summed E-state index contributed by atoms with van der Waals surface area (Å²) in [7, 11) is 0. The molecule has 0 aliphatic heterocycles. The van der Waals surface area contributed by atoms with Crippen LogP contribution in [0.5, 0.6) is 0 Å². The Balaban J connectivity index is 1.60. The van der Waals surface area contributed by atoms with Crippen LogP contribution < -0.4 is 0 Å². The van der Waals surface area contributed by atoms with Gasteiger partial charge in [-0.25, -0.2) is 0 Å². The summed E-state index contributed by atoms with van der Waals surface area (Å²) in [5, 5.41) is 10.4. The molecule has 0 aliphatic rings. The molecule has 0 saturated carbocycles. The van der Waals surface area contributed by atoms with Gasteiger partial charge in [-0.15, -0.1) is 11.8 Å². The summed E-state index contributed by atoms with van der Waals surface area (Å²) in [5.41, 5.74) is 1.40. The number of fused-ring (bicyclic) bond motifs is 4. The molecule has 27 heavy (non-hydrogen) atoms. The van der Waals surface area contributed by atoms with Crippen molar-refractivity contribution in [2.24, 2.45) is 0 Å². The van der Waals surface area contributed by atoms with Gasteiger partial charge in [0, 0.05) is 39.1 Å². The van der Waals surface area contributed by atoms with Gasteiger partial charge >= 0.3 is 0 Å². The van der Waals surface area contributed by atoms with Crippen LogP contribution in [0.2, 0.25) is 0 Å². The topological polar surface area (TPSA) is 0 Å². The normalized spacial score (nSPS) is 11.4. The van der Waals surface area contributed by atoms with Gasteiger partial charge in [-0.05, 0) is 27.1 Å². The Labute approximate surface area is 180 Å². The maximum absolute atomic E-state index is 2.49. The third kappa shape index (κ3) is 3.22. The molecule has 0 unspecified atom stereocenters. The summed E-state index contributed by atoms with van der Waals surface area (Å²) in [5.74, 6) is 0.982. The Kier molecular flexibility index (Phi) is 4.76. The van der Waals surface area contributed by atoms with E-state index in [1.54, 1.807) is 0 Å². The third-order valence-corrected chi connectivity index (χ3v) is 8.66. The predicted molar refractivity (Wildman–Crippen MR) is 130 cm³/mol. The van der Waals surface area contributed by atoms with Crippen molar-refractivity contribution in [3.63, 3.8) is 0 Å². The molecule has 0 atom stereocenters. The van der Waals surface area contributed by atoms with E-state index in [9.17, 15) is 0 Å². The number of halogens is 1. The Morgan fingerprint density at radius 1 is 0.667 bits per heavy atom. The van der Waals surface area contributed by atoms with Crippen molar-refractivity contribution in [1.82, 2.24) is 0 Å². The lowest BCUT2D eigenvalue weighted by atomic mass is 10.1. The van der Waals surface area contributed by atoms with E-state index in [0.29, 0.717) is 0 Å². The fourth-order valence-electron chi connectivity index (χ4n) is 3.59. The molecular formula is C24H16IS2+. The van der Waals surface area contributed by atoms with Crippen molar-refractivity contribution >= 4 is 78.0 Å². The highest BCUT2D eigenvalue weighted by atomic mass is 127. The Morgan fingerprint density at radius 3 is 2.22 bits per heavy atom. The molecule has 0 radical (unpaired) electrons. The molecule has 0 aliphatic carbocycles. The maximum atomic E-state index is 2.49. The smallest absolute Gasteiger partial charge is 0.114 e. The lowest BCUT2D eigenvalue weighted by Crippen LogP contribution is -1.87. The van der Waals surface area contributed by atoms with Crippen LogP contribution in [0.1, 0.15) is 5.56 Å². The van der Waals surface area contributed by atoms with Crippen LogP contribution in [-0.2, 0) is 5.75 Å². The SMILES string of the molecule is Ic1[s+]cc2c(ccc3ccccc32)c1SCc1cccc2ccccc12. The Morgan fingerprint density at radius 2 is 1.37 bits per heavy atom. The molecule has 0 nitrogen and oxygen atoms in total. The first-order valence-electron chi connectivity index (χ1n) is 8.82. The van der Waals surface area contributed by atoms with Gasteiger partial charge in [-0.3, -0.25) is 0 Å². The minimum Gasteiger partial charge on any atom is -0.114 e. The van der Waals surface area contributed by atoms with E-state index in [-0.39, 0.29) is 0 Å². The Hall–Kier alpha value is -1.69. The molecule has 0 N–H and O–H groups in total. The van der Waals surface area contributed by atoms with E-state index >= 15 is 0 Å². The summed E-state index contributed by atoms with van der Waals surface area (Å²) in [6.45, 7) is 0. The van der Waals surface area contributed by atoms with E-state index in [4.69, 9.17) is 0 Å². The van der Waals surface area contributed by atoms with Crippen LogP contribution in [0.3, 0.4) is 0 Å². The van der Waals surface area contributed by atoms with Gasteiger partial charge in [0.15, 0.2) is 0 Å². The lowest BCUT2D eigenvalue weighted by Gasteiger charge is -2.08. The molecule has 3 heteroatoms. The number of hydrogen-bond acceptors (Lipinski definition) is 1. The summed E-state index contributed by atoms with van der Waals surface area (Å²) < 4.78 is 1.36. The van der Waals surface area contributed by atoms with Crippen LogP contribution in [0.15, 0.2) is 89.1 Å². The second-order valence-corrected chi connectivity index (χ2v) is 10.2. The first-order chi connectivity index (χ1) is 13.3. The average molecular weight is 495 g/mol. The van der Waals surface area contributed by atoms with Crippen molar-refractivity contribution in [2.75, 3.05) is 0 Å². The summed E-state index contributed by atoms with van der Waals surface area (Å²) in [6, 6.07) is 28.5. The molecule has 0 saturated heterocycles. The quantitative estimate of drug-likeness (QED) is 0.105. The van der Waals surface area contributed by atoms with Crippen LogP contribution in [-0.4, -0.2) is 0 Å². The number of hydrogen-bond donors (Lipinski definition) is 0. The third-order valence-electron chi connectivity index (χ3n) is 4.93. The van der Waals surface area contributed by atoms with Gasteiger partial charge < -0.3 is 0 Å². The van der Waals surface area contributed by atoms with Crippen molar-refractivity contribution < 1.29 is 0 Å². The van der Waals surface area contributed by atoms with Gasteiger partial charge in [0.1, 0.15) is 0 Å². The van der Waals surface area contributed by atoms with Gasteiger partial charge in [0.05, 0.1) is 4.90 Å². The highest BCUT2D eigenvalue weighted by Gasteiger charge is 2.18. The Bertz CT molecular complexity index is 1290. The maximum Gasteiger partial charge on any atom is 0.280 e. The minimum absolute atomic E-state index is 0.982. The second kappa shape index (κ2) is 7.38. The van der Waals surface area contributed by atoms with E-state index in [2.05, 4.69) is 107 Å². The molecule has 0 fully saturated rings. The molecule has 4 aromatic carbocycles. The molecule has 1 heterocycles.